The van der Waals surface area contributed by atoms with Gasteiger partial charge in [0, 0.05) is 19.3 Å². The van der Waals surface area contributed by atoms with E-state index in [2.05, 4.69) is 20.8 Å². The molecule has 0 fully saturated rings. The molecule has 0 bridgehead atoms. The van der Waals surface area contributed by atoms with Crippen molar-refractivity contribution in [3.05, 3.63) is 0 Å². The molecule has 0 aliphatic carbocycles. The van der Waals surface area contributed by atoms with Gasteiger partial charge in [0.05, 0.1) is 0 Å². The van der Waals surface area contributed by atoms with E-state index in [1.54, 1.807) is 0 Å². The number of ether oxygens (including phenoxy) is 3. The number of esters is 3. The summed E-state index contributed by atoms with van der Waals surface area (Å²) < 4.78 is 16.9. The second-order valence-electron chi connectivity index (χ2n) is 24.9. The highest BCUT2D eigenvalue weighted by Gasteiger charge is 2.20. The summed E-state index contributed by atoms with van der Waals surface area (Å²) in [5.41, 5.74) is 0. The van der Waals surface area contributed by atoms with E-state index < -0.39 is 6.10 Å². The molecule has 0 saturated heterocycles. The van der Waals surface area contributed by atoms with Crippen LogP contribution in [0.1, 0.15) is 425 Å². The van der Waals surface area contributed by atoms with Crippen molar-refractivity contribution in [1.82, 2.24) is 0 Å². The molecular formula is C72H140O6. The third-order valence-corrected chi connectivity index (χ3v) is 16.9. The van der Waals surface area contributed by atoms with Gasteiger partial charge < -0.3 is 14.2 Å². The molecule has 78 heavy (non-hydrogen) atoms. The van der Waals surface area contributed by atoms with E-state index in [1.807, 2.05) is 0 Å². The minimum atomic E-state index is -0.762. The Hall–Kier alpha value is -1.59. The first-order chi connectivity index (χ1) is 38.5. The average molecular weight is 1100 g/mol. The first-order valence-electron chi connectivity index (χ1n) is 36.0. The van der Waals surface area contributed by atoms with Crippen LogP contribution in [-0.2, 0) is 28.6 Å². The molecule has 0 radical (unpaired) electrons. The molecule has 6 heteroatoms. The second kappa shape index (κ2) is 67.9. The second-order valence-corrected chi connectivity index (χ2v) is 24.9. The van der Waals surface area contributed by atoms with Crippen LogP contribution in [0.5, 0.6) is 0 Å². The fourth-order valence-electron chi connectivity index (χ4n) is 11.5. The number of carbonyl (C=O) groups is 3. The normalized spacial score (nSPS) is 11.9. The summed E-state index contributed by atoms with van der Waals surface area (Å²) >= 11 is 0. The third-order valence-electron chi connectivity index (χ3n) is 16.9. The predicted octanol–water partition coefficient (Wildman–Crippen LogP) is 24.6. The van der Waals surface area contributed by atoms with Crippen LogP contribution in [0.25, 0.3) is 0 Å². The van der Waals surface area contributed by atoms with Crippen LogP contribution in [0, 0.1) is 0 Å². The lowest BCUT2D eigenvalue weighted by Gasteiger charge is -2.18. The van der Waals surface area contributed by atoms with Crippen LogP contribution in [0.4, 0.5) is 0 Å². The third kappa shape index (κ3) is 65.2. The Balaban J connectivity index is 3.99. The smallest absolute Gasteiger partial charge is 0.306 e. The van der Waals surface area contributed by atoms with E-state index in [0.717, 1.165) is 57.8 Å². The summed E-state index contributed by atoms with van der Waals surface area (Å²) in [7, 11) is 0. The Morgan fingerprint density at radius 1 is 0.205 bits per heavy atom. The van der Waals surface area contributed by atoms with Gasteiger partial charge >= 0.3 is 17.9 Å². The number of carbonyl (C=O) groups excluding carboxylic acids is 3. The zero-order valence-corrected chi connectivity index (χ0v) is 53.5. The Kier molecular flexibility index (Phi) is 66.5. The highest BCUT2D eigenvalue weighted by atomic mass is 16.6. The Bertz CT molecular complexity index is 1170. The van der Waals surface area contributed by atoms with Crippen molar-refractivity contribution >= 4 is 17.9 Å². The molecule has 464 valence electrons. The van der Waals surface area contributed by atoms with Crippen molar-refractivity contribution in [3.63, 3.8) is 0 Å². The van der Waals surface area contributed by atoms with Crippen LogP contribution in [0.2, 0.25) is 0 Å². The summed E-state index contributed by atoms with van der Waals surface area (Å²) in [6.45, 7) is 6.72. The molecule has 0 aromatic carbocycles. The van der Waals surface area contributed by atoms with E-state index in [1.165, 1.54) is 327 Å². The monoisotopic (exact) mass is 1100 g/mol. The van der Waals surface area contributed by atoms with Crippen molar-refractivity contribution in [2.45, 2.75) is 431 Å². The number of rotatable bonds is 68. The maximum atomic E-state index is 12.9. The first kappa shape index (κ1) is 76.4. The summed E-state index contributed by atoms with van der Waals surface area (Å²) in [5, 5.41) is 0. The maximum absolute atomic E-state index is 12.9. The molecule has 0 amide bonds. The Morgan fingerprint density at radius 2 is 0.346 bits per heavy atom. The van der Waals surface area contributed by atoms with Gasteiger partial charge in [0.2, 0.25) is 0 Å². The zero-order valence-electron chi connectivity index (χ0n) is 53.5. The zero-order chi connectivity index (χ0) is 56.4. The van der Waals surface area contributed by atoms with Crippen molar-refractivity contribution in [3.8, 4) is 0 Å². The van der Waals surface area contributed by atoms with E-state index in [0.29, 0.717) is 19.3 Å². The molecule has 1 atom stereocenters. The molecule has 0 rings (SSSR count). The molecule has 6 nitrogen and oxygen atoms in total. The van der Waals surface area contributed by atoms with Gasteiger partial charge in [-0.3, -0.25) is 14.4 Å². The van der Waals surface area contributed by atoms with Crippen LogP contribution in [0.15, 0.2) is 0 Å². The molecule has 0 saturated carbocycles. The van der Waals surface area contributed by atoms with Crippen LogP contribution in [0.3, 0.4) is 0 Å². The molecule has 0 aromatic rings. The van der Waals surface area contributed by atoms with Gasteiger partial charge in [-0.15, -0.1) is 0 Å². The van der Waals surface area contributed by atoms with Crippen molar-refractivity contribution in [2.75, 3.05) is 13.2 Å². The summed E-state index contributed by atoms with van der Waals surface area (Å²) in [6, 6.07) is 0. The van der Waals surface area contributed by atoms with Crippen LogP contribution >= 0.6 is 0 Å². The highest BCUT2D eigenvalue weighted by molar-refractivity contribution is 5.71. The van der Waals surface area contributed by atoms with Gasteiger partial charge in [-0.25, -0.2) is 0 Å². The quantitative estimate of drug-likeness (QED) is 0.0343. The van der Waals surface area contributed by atoms with Gasteiger partial charge in [-0.05, 0) is 19.3 Å². The highest BCUT2D eigenvalue weighted by Crippen LogP contribution is 2.20. The number of hydrogen-bond donors (Lipinski definition) is 0. The maximum Gasteiger partial charge on any atom is 0.306 e. The SMILES string of the molecule is CCCCCCCCCCCCCCCCCCCCCCCCCCCCCCCCCCCC(=O)OCC(COC(=O)CCCCCCCCCCCC)OC(=O)CCCCCCCCCCCCCCCCCCC. The Morgan fingerprint density at radius 3 is 0.513 bits per heavy atom. The lowest BCUT2D eigenvalue weighted by Crippen LogP contribution is -2.30. The van der Waals surface area contributed by atoms with Crippen molar-refractivity contribution in [1.29, 1.82) is 0 Å². The van der Waals surface area contributed by atoms with Gasteiger partial charge in [-0.1, -0.05) is 387 Å². The van der Waals surface area contributed by atoms with Crippen molar-refractivity contribution < 1.29 is 28.6 Å². The van der Waals surface area contributed by atoms with Gasteiger partial charge in [0.25, 0.3) is 0 Å². The molecule has 0 aromatic heterocycles. The van der Waals surface area contributed by atoms with E-state index in [4.69, 9.17) is 14.2 Å². The van der Waals surface area contributed by atoms with E-state index in [-0.39, 0.29) is 31.1 Å². The minimum absolute atomic E-state index is 0.0607. The lowest BCUT2D eigenvalue weighted by molar-refractivity contribution is -0.167. The molecule has 0 N–H and O–H groups in total. The van der Waals surface area contributed by atoms with Gasteiger partial charge in [-0.2, -0.15) is 0 Å². The summed E-state index contributed by atoms with van der Waals surface area (Å²) in [4.78, 5) is 38.3. The first-order valence-corrected chi connectivity index (χ1v) is 36.0. The number of hydrogen-bond acceptors (Lipinski definition) is 6. The lowest BCUT2D eigenvalue weighted by atomic mass is 10.0. The standard InChI is InChI=1S/C72H140O6/c1-4-7-10-13-16-19-22-24-26-28-29-30-31-32-33-34-35-36-37-38-39-40-41-42-43-45-46-48-50-53-56-59-62-65-71(74)77-68-69(67-76-70(73)64-61-58-55-52-21-18-15-12-9-6-3)78-72(75)66-63-60-57-54-51-49-47-44-27-25-23-20-17-14-11-8-5-2/h69H,4-68H2,1-3H3. The Labute approximate surface area is 488 Å². The van der Waals surface area contributed by atoms with Crippen LogP contribution < -0.4 is 0 Å². The summed E-state index contributed by atoms with van der Waals surface area (Å²) in [6.07, 6.45) is 80.2. The summed E-state index contributed by atoms with van der Waals surface area (Å²) in [5.74, 6) is -0.826. The van der Waals surface area contributed by atoms with E-state index >= 15 is 0 Å². The molecular weight excluding hydrogens is 961 g/mol. The van der Waals surface area contributed by atoms with Gasteiger partial charge in [0.1, 0.15) is 13.2 Å². The van der Waals surface area contributed by atoms with E-state index in [9.17, 15) is 14.4 Å². The fraction of sp³-hybridized carbons (Fsp3) is 0.958. The molecule has 0 aliphatic heterocycles. The number of unbranched alkanes of at least 4 members (excludes halogenated alkanes) is 57. The molecule has 0 aliphatic rings. The topological polar surface area (TPSA) is 78.9 Å². The average Bonchev–Trinajstić information content (AvgIpc) is 3.44. The largest absolute Gasteiger partial charge is 0.462 e. The molecule has 0 spiro atoms. The van der Waals surface area contributed by atoms with Gasteiger partial charge in [0.15, 0.2) is 6.10 Å². The predicted molar refractivity (Wildman–Crippen MR) is 340 cm³/mol. The van der Waals surface area contributed by atoms with Crippen LogP contribution in [-0.4, -0.2) is 37.2 Å². The minimum Gasteiger partial charge on any atom is -0.462 e. The molecule has 1 unspecified atom stereocenters. The van der Waals surface area contributed by atoms with Crippen molar-refractivity contribution in [2.24, 2.45) is 0 Å². The fourth-order valence-corrected chi connectivity index (χ4v) is 11.5. The molecule has 0 heterocycles.